The number of hydrogen-bond donors (Lipinski definition) is 1. The molecule has 0 aliphatic heterocycles. The smallest absolute Gasteiger partial charge is 0.208 e. The molecule has 0 amide bonds. The minimum absolute atomic E-state index is 0.0828. The van der Waals surface area contributed by atoms with Crippen LogP contribution in [0.1, 0.15) is 128 Å². The van der Waals surface area contributed by atoms with Crippen LogP contribution in [0.2, 0.25) is 0 Å². The van der Waals surface area contributed by atoms with Crippen LogP contribution in [0.3, 0.4) is 0 Å². The van der Waals surface area contributed by atoms with E-state index in [0.717, 1.165) is 60.3 Å². The van der Waals surface area contributed by atoms with Crippen molar-refractivity contribution in [1.29, 1.82) is 0 Å². The lowest BCUT2D eigenvalue weighted by molar-refractivity contribution is -0.451. The Morgan fingerprint density at radius 2 is 1.28 bits per heavy atom. The zero-order valence-corrected chi connectivity index (χ0v) is 37.8. The maximum absolute atomic E-state index is 13.8. The second-order valence-electron chi connectivity index (χ2n) is 18.6. The molecule has 4 nitrogen and oxygen atoms in total. The molecule has 0 heterocycles. The third-order valence-electron chi connectivity index (χ3n) is 12.7. The maximum Gasteiger partial charge on any atom is 0.208 e. The highest BCUT2D eigenvalue weighted by Crippen LogP contribution is 2.40. The molecule has 3 unspecified atom stereocenters. The molecule has 1 N–H and O–H groups in total. The molecule has 3 aromatic carbocycles. The average Bonchev–Trinajstić information content (AvgIpc) is 3.17. The van der Waals surface area contributed by atoms with Gasteiger partial charge < -0.3 is 10.0 Å². The lowest BCUT2D eigenvalue weighted by atomic mass is 9.80. The maximum atomic E-state index is 13.8. The van der Waals surface area contributed by atoms with Crippen LogP contribution in [0.25, 0.3) is 5.57 Å². The van der Waals surface area contributed by atoms with Gasteiger partial charge in [-0.1, -0.05) is 128 Å². The standard InChI is InChI=1S/C54H72N2O2/c1-12-44(41(9)18-14-16-37(4)5)35-56(50-30-20-40(8)34-43(50)11)48-27-23-46(24-28-48)52-53(57)51(54(52)58)45-21-25-47(26-22-45)55(49-29-19-39(7)33-42(49)10)32-31-38(6)17-13-15-36(2)3/h19-30,33-34,36-38,41,44H,12-18,31-32,35H2,1-11H3/p+1. The molecule has 2 aliphatic rings. The highest BCUT2D eigenvalue weighted by molar-refractivity contribution is 6.39. The molecule has 310 valence electrons. The van der Waals surface area contributed by atoms with Crippen molar-refractivity contribution in [2.45, 2.75) is 128 Å². The SMILES string of the molecule is CCC(C[N+](=C1C=CC(=C2C(=O)C(c3ccc(N(CCC(C)CCCC(C)C)c4ccc(C)cc4C)cc3)=C2O)C=C1)c1ccc(C)cc1C)C(C)CCCC(C)C. The van der Waals surface area contributed by atoms with Gasteiger partial charge in [0.1, 0.15) is 5.76 Å². The fourth-order valence-electron chi connectivity index (χ4n) is 8.90. The summed E-state index contributed by atoms with van der Waals surface area (Å²) in [5, 5.41) is 11.5. The van der Waals surface area contributed by atoms with Crippen LogP contribution < -0.4 is 4.90 Å². The van der Waals surface area contributed by atoms with Crippen molar-refractivity contribution >= 4 is 34.1 Å². The number of carbonyl (C=O) groups excluding carboxylic acids is 1. The van der Waals surface area contributed by atoms with Crippen molar-refractivity contribution in [3.05, 3.63) is 130 Å². The molecule has 58 heavy (non-hydrogen) atoms. The fraction of sp³-hybridized carbons (Fsp3) is 0.481. The fourth-order valence-corrected chi connectivity index (χ4v) is 8.90. The first-order valence-corrected chi connectivity index (χ1v) is 22.4. The van der Waals surface area contributed by atoms with Gasteiger partial charge in [0.15, 0.2) is 6.54 Å². The van der Waals surface area contributed by atoms with Crippen LogP contribution in [-0.4, -0.2) is 34.3 Å². The predicted molar refractivity (Wildman–Crippen MR) is 249 cm³/mol. The summed E-state index contributed by atoms with van der Waals surface area (Å²) in [4.78, 5) is 16.2. The van der Waals surface area contributed by atoms with Crippen molar-refractivity contribution in [2.24, 2.45) is 29.6 Å². The van der Waals surface area contributed by atoms with Crippen molar-refractivity contribution in [3.8, 4) is 0 Å². The lowest BCUT2D eigenvalue weighted by Gasteiger charge is -2.29. The van der Waals surface area contributed by atoms with Crippen molar-refractivity contribution in [3.63, 3.8) is 0 Å². The van der Waals surface area contributed by atoms with Gasteiger partial charge in [-0.2, -0.15) is 4.58 Å². The van der Waals surface area contributed by atoms with Crippen LogP contribution in [0.5, 0.6) is 0 Å². The number of aliphatic hydroxyl groups is 1. The highest BCUT2D eigenvalue weighted by Gasteiger charge is 2.37. The molecule has 0 aromatic heterocycles. The summed E-state index contributed by atoms with van der Waals surface area (Å²) in [5.74, 6) is 3.27. The van der Waals surface area contributed by atoms with Crippen molar-refractivity contribution in [2.75, 3.05) is 18.0 Å². The van der Waals surface area contributed by atoms with Gasteiger partial charge in [-0.3, -0.25) is 4.79 Å². The van der Waals surface area contributed by atoms with E-state index in [-0.39, 0.29) is 11.5 Å². The van der Waals surface area contributed by atoms with E-state index < -0.39 is 0 Å². The number of carbonyl (C=O) groups is 1. The molecule has 0 radical (unpaired) electrons. The first-order valence-electron chi connectivity index (χ1n) is 22.4. The number of aryl methyl sites for hydroxylation is 4. The molecule has 3 aromatic rings. The number of anilines is 2. The summed E-state index contributed by atoms with van der Waals surface area (Å²) in [6.07, 6.45) is 18.1. The summed E-state index contributed by atoms with van der Waals surface area (Å²) in [6.45, 7) is 26.9. The summed E-state index contributed by atoms with van der Waals surface area (Å²) in [5.41, 5.74) is 12.0. The van der Waals surface area contributed by atoms with E-state index in [2.05, 4.69) is 146 Å². The van der Waals surface area contributed by atoms with Crippen LogP contribution in [0.4, 0.5) is 17.1 Å². The van der Waals surface area contributed by atoms with Gasteiger partial charge in [0, 0.05) is 47.6 Å². The Kier molecular flexibility index (Phi) is 15.8. The molecule has 2 aliphatic carbocycles. The van der Waals surface area contributed by atoms with E-state index in [9.17, 15) is 9.90 Å². The molecule has 0 saturated carbocycles. The van der Waals surface area contributed by atoms with Crippen molar-refractivity contribution in [1.82, 2.24) is 0 Å². The molecule has 5 rings (SSSR count). The number of Topliss-reactive ketones (excluding diaryl/α,β-unsaturated/α-hetero) is 1. The summed E-state index contributed by atoms with van der Waals surface area (Å²) in [7, 11) is 0. The van der Waals surface area contributed by atoms with Gasteiger partial charge in [-0.15, -0.1) is 0 Å². The van der Waals surface area contributed by atoms with Gasteiger partial charge in [0.25, 0.3) is 0 Å². The summed E-state index contributed by atoms with van der Waals surface area (Å²) in [6, 6.07) is 21.6. The molecule has 0 fully saturated rings. The number of rotatable bonds is 19. The summed E-state index contributed by atoms with van der Waals surface area (Å²) < 4.78 is 2.47. The number of benzene rings is 3. The van der Waals surface area contributed by atoms with Gasteiger partial charge in [0.05, 0.1) is 11.1 Å². The van der Waals surface area contributed by atoms with Gasteiger partial charge in [0.2, 0.25) is 17.2 Å². The Labute approximate surface area is 352 Å². The highest BCUT2D eigenvalue weighted by atomic mass is 16.3. The lowest BCUT2D eigenvalue weighted by Crippen LogP contribution is -2.27. The van der Waals surface area contributed by atoms with Gasteiger partial charge >= 0.3 is 0 Å². The molecular weight excluding hydrogens is 709 g/mol. The zero-order valence-electron chi connectivity index (χ0n) is 37.8. The Hall–Kier alpha value is -4.44. The second-order valence-corrected chi connectivity index (χ2v) is 18.6. The predicted octanol–water partition coefficient (Wildman–Crippen LogP) is 14.5. The Balaban J connectivity index is 1.39. The minimum atomic E-state index is -0.105. The summed E-state index contributed by atoms with van der Waals surface area (Å²) >= 11 is 0. The van der Waals surface area contributed by atoms with Gasteiger partial charge in [-0.05, 0) is 117 Å². The topological polar surface area (TPSA) is 43.5 Å². The van der Waals surface area contributed by atoms with Crippen LogP contribution in [0.15, 0.2) is 102 Å². The Morgan fingerprint density at radius 3 is 1.84 bits per heavy atom. The van der Waals surface area contributed by atoms with E-state index in [0.29, 0.717) is 28.9 Å². The van der Waals surface area contributed by atoms with Crippen LogP contribution in [-0.2, 0) is 4.79 Å². The Bertz CT molecular complexity index is 2040. The average molecular weight is 782 g/mol. The first kappa shape index (κ1) is 44.7. The number of ketones is 1. The molecule has 0 spiro atoms. The van der Waals surface area contributed by atoms with E-state index in [4.69, 9.17) is 0 Å². The Morgan fingerprint density at radius 1 is 0.672 bits per heavy atom. The number of aliphatic hydroxyl groups excluding tert-OH is 1. The van der Waals surface area contributed by atoms with Crippen LogP contribution in [0, 0.1) is 57.3 Å². The van der Waals surface area contributed by atoms with E-state index in [1.54, 1.807) is 0 Å². The number of nitrogens with zero attached hydrogens (tertiary/aromatic N) is 2. The quantitative estimate of drug-likeness (QED) is 0.0973. The molecule has 0 bridgehead atoms. The monoisotopic (exact) mass is 782 g/mol. The van der Waals surface area contributed by atoms with Gasteiger partial charge in [-0.25, -0.2) is 0 Å². The molecule has 4 heteroatoms. The van der Waals surface area contributed by atoms with Crippen LogP contribution >= 0.6 is 0 Å². The van der Waals surface area contributed by atoms with E-state index in [1.807, 2.05) is 24.3 Å². The molecule has 0 saturated heterocycles. The second kappa shape index (κ2) is 20.5. The third kappa shape index (κ3) is 11.2. The normalized spacial score (nSPS) is 15.7. The zero-order chi connectivity index (χ0) is 42.1. The first-order chi connectivity index (χ1) is 27.7. The van der Waals surface area contributed by atoms with E-state index >= 15 is 0 Å². The number of allylic oxidation sites excluding steroid dienone is 7. The minimum Gasteiger partial charge on any atom is -0.506 e. The largest absolute Gasteiger partial charge is 0.506 e. The van der Waals surface area contributed by atoms with E-state index in [1.165, 1.54) is 72.2 Å². The number of hydrogen-bond acceptors (Lipinski definition) is 3. The molecular formula is C54H73N2O2+. The van der Waals surface area contributed by atoms with Crippen molar-refractivity contribution < 1.29 is 14.5 Å². The third-order valence-corrected chi connectivity index (χ3v) is 12.7. The molecule has 3 atom stereocenters.